The van der Waals surface area contributed by atoms with Crippen molar-refractivity contribution in [2.75, 3.05) is 10.6 Å². The van der Waals surface area contributed by atoms with Gasteiger partial charge in [-0.15, -0.1) is 0 Å². The van der Waals surface area contributed by atoms with Crippen LogP contribution in [-0.2, 0) is 4.79 Å². The number of aromatic amines is 1. The number of carbonyl (C=O) groups is 2. The van der Waals surface area contributed by atoms with Gasteiger partial charge in [0.1, 0.15) is 5.66 Å². The van der Waals surface area contributed by atoms with Gasteiger partial charge in [0.25, 0.3) is 5.91 Å². The third-order valence-electron chi connectivity index (χ3n) is 7.62. The molecule has 3 fully saturated rings. The number of fused-ring (bicyclic) bond motifs is 4. The van der Waals surface area contributed by atoms with Crippen molar-refractivity contribution in [3.05, 3.63) is 54.1 Å². The molecule has 7 heteroatoms. The second kappa shape index (κ2) is 6.33. The summed E-state index contributed by atoms with van der Waals surface area (Å²) < 4.78 is 0. The molecule has 2 bridgehead atoms. The van der Waals surface area contributed by atoms with Gasteiger partial charge in [-0.25, -0.2) is 4.98 Å². The molecule has 2 aromatic carbocycles. The lowest BCUT2D eigenvalue weighted by Gasteiger charge is -2.60. The summed E-state index contributed by atoms with van der Waals surface area (Å²) in [6, 6.07) is 15.4. The number of amides is 2. The van der Waals surface area contributed by atoms with Crippen LogP contribution in [0.15, 0.2) is 48.5 Å². The monoisotopic (exact) mass is 415 g/mol. The van der Waals surface area contributed by atoms with Gasteiger partial charge in [0, 0.05) is 17.5 Å². The van der Waals surface area contributed by atoms with Crippen LogP contribution in [0.2, 0.25) is 0 Å². The Morgan fingerprint density at radius 3 is 2.77 bits per heavy atom. The number of carbonyl (C=O) groups excluding carboxylic acids is 2. The average molecular weight is 415 g/mol. The molecule has 1 spiro atoms. The number of anilines is 2. The summed E-state index contributed by atoms with van der Waals surface area (Å²) in [6.45, 7) is 2.18. The van der Waals surface area contributed by atoms with Crippen LogP contribution in [0.4, 0.5) is 11.6 Å². The Kier molecular flexibility index (Phi) is 3.76. The predicted molar refractivity (Wildman–Crippen MR) is 119 cm³/mol. The summed E-state index contributed by atoms with van der Waals surface area (Å²) >= 11 is 0. The van der Waals surface area contributed by atoms with E-state index in [1.54, 1.807) is 0 Å². The topological polar surface area (TPSA) is 98.9 Å². The molecule has 3 aliphatic carbocycles. The maximum absolute atomic E-state index is 13.3. The number of hydrogen-bond donors (Lipinski definition) is 4. The van der Waals surface area contributed by atoms with Crippen molar-refractivity contribution >= 4 is 34.5 Å². The van der Waals surface area contributed by atoms with Crippen molar-refractivity contribution in [3.63, 3.8) is 0 Å². The van der Waals surface area contributed by atoms with E-state index in [1.807, 2.05) is 48.5 Å². The highest BCUT2D eigenvalue weighted by Gasteiger charge is 2.60. The van der Waals surface area contributed by atoms with E-state index in [4.69, 9.17) is 0 Å². The Morgan fingerprint density at radius 2 is 1.94 bits per heavy atom. The lowest BCUT2D eigenvalue weighted by Crippen LogP contribution is -2.70. The minimum atomic E-state index is -0.491. The third-order valence-corrected chi connectivity index (χ3v) is 7.62. The molecule has 31 heavy (non-hydrogen) atoms. The van der Waals surface area contributed by atoms with Crippen molar-refractivity contribution in [3.8, 4) is 0 Å². The molecular weight excluding hydrogens is 390 g/mol. The molecule has 0 radical (unpaired) electrons. The molecule has 3 aromatic rings. The highest BCUT2D eigenvalue weighted by molar-refractivity contribution is 6.02. The fourth-order valence-electron chi connectivity index (χ4n) is 6.07. The second-order valence-electron chi connectivity index (χ2n) is 9.54. The predicted octanol–water partition coefficient (Wildman–Crippen LogP) is 3.88. The van der Waals surface area contributed by atoms with Crippen LogP contribution in [0.5, 0.6) is 0 Å². The van der Waals surface area contributed by atoms with Crippen LogP contribution in [0.3, 0.4) is 0 Å². The number of benzene rings is 2. The van der Waals surface area contributed by atoms with Crippen LogP contribution in [0.25, 0.3) is 11.0 Å². The van der Waals surface area contributed by atoms with Gasteiger partial charge in [-0.05, 0) is 55.4 Å². The second-order valence-corrected chi connectivity index (χ2v) is 9.54. The van der Waals surface area contributed by atoms with E-state index in [0.717, 1.165) is 42.4 Å². The van der Waals surface area contributed by atoms with Gasteiger partial charge in [0.15, 0.2) is 0 Å². The molecule has 1 aromatic heterocycles. The first-order valence-electron chi connectivity index (χ1n) is 10.9. The maximum atomic E-state index is 13.3. The number of aromatic nitrogens is 2. The average Bonchev–Trinajstić information content (AvgIpc) is 3.15. The van der Waals surface area contributed by atoms with E-state index >= 15 is 0 Å². The molecule has 3 saturated carbocycles. The van der Waals surface area contributed by atoms with Gasteiger partial charge in [0.05, 0.1) is 16.6 Å². The minimum absolute atomic E-state index is 0.00337. The van der Waals surface area contributed by atoms with Crippen LogP contribution >= 0.6 is 0 Å². The third kappa shape index (κ3) is 2.76. The summed E-state index contributed by atoms with van der Waals surface area (Å²) in [5, 5.41) is 9.93. The number of nitrogens with one attached hydrogen (secondary N) is 4. The lowest BCUT2D eigenvalue weighted by atomic mass is 9.51. The normalized spacial score (nSPS) is 31.2. The molecular formula is C24H25N5O2. The van der Waals surface area contributed by atoms with Crippen LogP contribution < -0.4 is 16.0 Å². The SMILES string of the molecule is C[C@@]12CC[C@@H](C[C@H]1C(=O)Nc1nc3ccccc3[nH]1)[C@]1(C2)NC(=O)c2ccccc2N1. The molecule has 1 aliphatic heterocycles. The minimum Gasteiger partial charge on any atom is -0.362 e. The van der Waals surface area contributed by atoms with Crippen molar-refractivity contribution in [2.24, 2.45) is 17.3 Å². The molecule has 2 heterocycles. The maximum Gasteiger partial charge on any atom is 0.255 e. The molecule has 0 unspecified atom stereocenters. The molecule has 0 saturated heterocycles. The van der Waals surface area contributed by atoms with Crippen LogP contribution in [-0.4, -0.2) is 27.4 Å². The molecule has 4 aliphatic rings. The van der Waals surface area contributed by atoms with Gasteiger partial charge in [0.2, 0.25) is 11.9 Å². The van der Waals surface area contributed by atoms with Crippen molar-refractivity contribution in [1.29, 1.82) is 0 Å². The molecule has 158 valence electrons. The van der Waals surface area contributed by atoms with Crippen LogP contribution in [0, 0.1) is 17.3 Å². The number of hydrogen-bond acceptors (Lipinski definition) is 4. The lowest BCUT2D eigenvalue weighted by molar-refractivity contribution is -0.134. The summed E-state index contributed by atoms with van der Waals surface area (Å²) in [5.41, 5.74) is 2.60. The zero-order chi connectivity index (χ0) is 21.2. The zero-order valence-corrected chi connectivity index (χ0v) is 17.4. The fraction of sp³-hybridized carbons (Fsp3) is 0.375. The molecule has 4 atom stereocenters. The summed E-state index contributed by atoms with van der Waals surface area (Å²) in [6.07, 6.45) is 3.41. The number of para-hydroxylation sites is 3. The molecule has 4 N–H and O–H groups in total. The number of rotatable bonds is 2. The first-order valence-corrected chi connectivity index (χ1v) is 10.9. The number of imidazole rings is 1. The number of H-pyrrole nitrogens is 1. The van der Waals surface area contributed by atoms with Gasteiger partial charge in [-0.1, -0.05) is 31.2 Å². The van der Waals surface area contributed by atoms with E-state index in [9.17, 15) is 9.59 Å². The number of nitrogens with zero attached hydrogens (tertiary/aromatic N) is 1. The largest absolute Gasteiger partial charge is 0.362 e. The van der Waals surface area contributed by atoms with E-state index < -0.39 is 5.66 Å². The van der Waals surface area contributed by atoms with Crippen LogP contribution in [0.1, 0.15) is 43.0 Å². The molecule has 7 nitrogen and oxygen atoms in total. The Morgan fingerprint density at radius 1 is 1.13 bits per heavy atom. The Labute approximate surface area is 180 Å². The van der Waals surface area contributed by atoms with E-state index in [-0.39, 0.29) is 29.1 Å². The van der Waals surface area contributed by atoms with Crippen molar-refractivity contribution in [2.45, 2.75) is 38.3 Å². The molecule has 7 rings (SSSR count). The van der Waals surface area contributed by atoms with E-state index in [0.29, 0.717) is 11.5 Å². The first kappa shape index (κ1) is 18.4. The van der Waals surface area contributed by atoms with Crippen molar-refractivity contribution < 1.29 is 9.59 Å². The highest BCUT2D eigenvalue weighted by atomic mass is 16.2. The van der Waals surface area contributed by atoms with E-state index in [2.05, 4.69) is 32.8 Å². The van der Waals surface area contributed by atoms with Gasteiger partial charge in [-0.2, -0.15) is 0 Å². The summed E-state index contributed by atoms with van der Waals surface area (Å²) in [4.78, 5) is 33.8. The highest BCUT2D eigenvalue weighted by Crippen LogP contribution is 2.58. The summed E-state index contributed by atoms with van der Waals surface area (Å²) in [7, 11) is 0. The smallest absolute Gasteiger partial charge is 0.255 e. The first-order chi connectivity index (χ1) is 15.0. The molecule has 2 amide bonds. The van der Waals surface area contributed by atoms with Crippen molar-refractivity contribution in [1.82, 2.24) is 15.3 Å². The van der Waals surface area contributed by atoms with Gasteiger partial charge >= 0.3 is 0 Å². The quantitative estimate of drug-likeness (QED) is 0.510. The Bertz CT molecular complexity index is 1190. The Balaban J connectivity index is 1.26. The van der Waals surface area contributed by atoms with Gasteiger partial charge in [-0.3, -0.25) is 14.9 Å². The zero-order valence-electron chi connectivity index (χ0n) is 17.4. The standard InChI is InChI=1S/C24H25N5O2/c1-23-11-10-14(24(13-23)28-17-7-3-2-6-15(17)20(30)29-24)12-16(23)21(31)27-22-25-18-8-4-5-9-19(18)26-22/h2-9,14,16,28H,10-13H2,1H3,(H,29,30)(H2,25,26,27,31)/t14-,16-,23-,24-/m0/s1. The fourth-order valence-corrected chi connectivity index (χ4v) is 6.07. The van der Waals surface area contributed by atoms with Gasteiger partial charge < -0.3 is 15.6 Å². The summed E-state index contributed by atoms with van der Waals surface area (Å²) in [5.74, 6) is 0.528. The van der Waals surface area contributed by atoms with E-state index in [1.165, 1.54) is 0 Å². The Hall–Kier alpha value is -3.35.